The van der Waals surface area contributed by atoms with Gasteiger partial charge in [-0.1, -0.05) is 45.0 Å². The van der Waals surface area contributed by atoms with Crippen molar-refractivity contribution in [2.24, 2.45) is 0 Å². The summed E-state index contributed by atoms with van der Waals surface area (Å²) in [5, 5.41) is 19.0. The fourth-order valence-electron chi connectivity index (χ4n) is 1.92. The minimum atomic E-state index is 0.0740. The maximum Gasteiger partial charge on any atom is 0.119 e. The Kier molecular flexibility index (Phi) is 3.04. The highest BCUT2D eigenvalue weighted by atomic mass is 16.3. The third-order valence-electron chi connectivity index (χ3n) is 2.99. The van der Waals surface area contributed by atoms with Gasteiger partial charge in [-0.25, -0.2) is 0 Å². The maximum atomic E-state index is 9.48. The van der Waals surface area contributed by atoms with E-state index in [-0.39, 0.29) is 16.9 Å². The van der Waals surface area contributed by atoms with Crippen LogP contribution in [-0.4, -0.2) is 10.2 Å². The van der Waals surface area contributed by atoms with Crippen molar-refractivity contribution < 1.29 is 10.2 Å². The fourth-order valence-corrected chi connectivity index (χ4v) is 1.92. The van der Waals surface area contributed by atoms with Crippen LogP contribution in [0, 0.1) is 0 Å². The second-order valence-electron chi connectivity index (χ2n) is 5.57. The monoisotopic (exact) mass is 242 g/mol. The van der Waals surface area contributed by atoms with Gasteiger partial charge in [-0.05, 0) is 34.2 Å². The molecule has 2 aromatic rings. The van der Waals surface area contributed by atoms with Crippen LogP contribution in [0.15, 0.2) is 42.5 Å². The Balaban J connectivity index is 2.40. The summed E-state index contributed by atoms with van der Waals surface area (Å²) in [6.45, 7) is 6.51. The zero-order chi connectivity index (χ0) is 13.3. The van der Waals surface area contributed by atoms with E-state index in [4.69, 9.17) is 0 Å². The molecule has 0 heterocycles. The van der Waals surface area contributed by atoms with E-state index >= 15 is 0 Å². The number of hydrogen-bond donors (Lipinski definition) is 2. The maximum absolute atomic E-state index is 9.48. The van der Waals surface area contributed by atoms with Crippen molar-refractivity contribution in [3.63, 3.8) is 0 Å². The van der Waals surface area contributed by atoms with Crippen molar-refractivity contribution in [3.05, 3.63) is 48.0 Å². The summed E-state index contributed by atoms with van der Waals surface area (Å²) in [6, 6.07) is 12.8. The molecular formula is C16H18O2. The predicted molar refractivity (Wildman–Crippen MR) is 73.9 cm³/mol. The van der Waals surface area contributed by atoms with Crippen molar-refractivity contribution in [1.82, 2.24) is 0 Å². The number of benzene rings is 2. The van der Waals surface area contributed by atoms with Gasteiger partial charge in [0.15, 0.2) is 0 Å². The van der Waals surface area contributed by atoms with Crippen LogP contribution in [0.3, 0.4) is 0 Å². The lowest BCUT2D eigenvalue weighted by Gasteiger charge is -2.19. The minimum absolute atomic E-state index is 0.0740. The summed E-state index contributed by atoms with van der Waals surface area (Å²) in [6.07, 6.45) is 0. The van der Waals surface area contributed by atoms with Gasteiger partial charge in [0.1, 0.15) is 11.5 Å². The summed E-state index contributed by atoms with van der Waals surface area (Å²) < 4.78 is 0. The van der Waals surface area contributed by atoms with Gasteiger partial charge < -0.3 is 10.2 Å². The standard InChI is InChI=1S/C16H18O2/c1-16(2,3)13-6-4-11(5-7-13)12-8-14(17)10-15(18)9-12/h4-10,17-18H,1-3H3. The molecule has 0 saturated heterocycles. The molecule has 18 heavy (non-hydrogen) atoms. The van der Waals surface area contributed by atoms with E-state index in [0.29, 0.717) is 0 Å². The lowest BCUT2D eigenvalue weighted by molar-refractivity contribution is 0.451. The van der Waals surface area contributed by atoms with E-state index in [2.05, 4.69) is 32.9 Å². The first kappa shape index (κ1) is 12.5. The molecule has 2 rings (SSSR count). The molecule has 0 saturated carbocycles. The van der Waals surface area contributed by atoms with Gasteiger partial charge in [0.25, 0.3) is 0 Å². The van der Waals surface area contributed by atoms with Gasteiger partial charge in [0, 0.05) is 6.07 Å². The normalized spacial score (nSPS) is 11.5. The summed E-state index contributed by atoms with van der Waals surface area (Å²) >= 11 is 0. The number of phenolic OH excluding ortho intramolecular Hbond substituents is 2. The molecule has 0 bridgehead atoms. The lowest BCUT2D eigenvalue weighted by Crippen LogP contribution is -2.10. The zero-order valence-electron chi connectivity index (χ0n) is 10.9. The van der Waals surface area contributed by atoms with Gasteiger partial charge in [-0.15, -0.1) is 0 Å². The second-order valence-corrected chi connectivity index (χ2v) is 5.57. The molecule has 0 spiro atoms. The predicted octanol–water partition coefficient (Wildman–Crippen LogP) is 4.06. The van der Waals surface area contributed by atoms with Crippen LogP contribution >= 0.6 is 0 Å². The van der Waals surface area contributed by atoms with Crippen LogP contribution in [-0.2, 0) is 5.41 Å². The molecule has 2 heteroatoms. The Morgan fingerprint density at radius 3 is 1.67 bits per heavy atom. The first-order chi connectivity index (χ1) is 8.36. The molecule has 0 unspecified atom stereocenters. The van der Waals surface area contributed by atoms with Crippen molar-refractivity contribution in [3.8, 4) is 22.6 Å². The Bertz CT molecular complexity index is 528. The molecule has 0 aliphatic carbocycles. The van der Waals surface area contributed by atoms with Crippen LogP contribution in [0.4, 0.5) is 0 Å². The number of aromatic hydroxyl groups is 2. The van der Waals surface area contributed by atoms with Gasteiger partial charge in [0.05, 0.1) is 0 Å². The summed E-state index contributed by atoms with van der Waals surface area (Å²) in [5.41, 5.74) is 3.18. The molecule has 0 atom stereocenters. The minimum Gasteiger partial charge on any atom is -0.508 e. The van der Waals surface area contributed by atoms with Crippen LogP contribution in [0.1, 0.15) is 26.3 Å². The Morgan fingerprint density at radius 1 is 0.722 bits per heavy atom. The Labute approximate surface area is 108 Å². The number of rotatable bonds is 1. The molecule has 0 aromatic heterocycles. The van der Waals surface area contributed by atoms with E-state index in [1.165, 1.54) is 11.6 Å². The molecule has 0 radical (unpaired) electrons. The molecule has 0 aliphatic rings. The van der Waals surface area contributed by atoms with E-state index in [1.54, 1.807) is 12.1 Å². The Morgan fingerprint density at radius 2 is 1.22 bits per heavy atom. The molecule has 0 amide bonds. The van der Waals surface area contributed by atoms with Crippen molar-refractivity contribution >= 4 is 0 Å². The average Bonchev–Trinajstić information content (AvgIpc) is 2.27. The lowest BCUT2D eigenvalue weighted by atomic mass is 9.86. The molecule has 2 N–H and O–H groups in total. The van der Waals surface area contributed by atoms with Crippen LogP contribution < -0.4 is 0 Å². The second kappa shape index (κ2) is 4.37. The summed E-state index contributed by atoms with van der Waals surface area (Å²) in [7, 11) is 0. The van der Waals surface area contributed by atoms with Crippen molar-refractivity contribution in [1.29, 1.82) is 0 Å². The van der Waals surface area contributed by atoms with E-state index in [9.17, 15) is 10.2 Å². The first-order valence-corrected chi connectivity index (χ1v) is 6.00. The highest BCUT2D eigenvalue weighted by Crippen LogP contribution is 2.30. The molecule has 2 aromatic carbocycles. The van der Waals surface area contributed by atoms with Gasteiger partial charge in [-0.2, -0.15) is 0 Å². The number of hydrogen-bond acceptors (Lipinski definition) is 2. The quantitative estimate of drug-likeness (QED) is 0.791. The highest BCUT2D eigenvalue weighted by Gasteiger charge is 2.13. The highest BCUT2D eigenvalue weighted by molar-refractivity contribution is 5.67. The molecule has 0 aliphatic heterocycles. The van der Waals surface area contributed by atoms with Gasteiger partial charge >= 0.3 is 0 Å². The summed E-state index contributed by atoms with van der Waals surface area (Å²) in [4.78, 5) is 0. The van der Waals surface area contributed by atoms with Crippen LogP contribution in [0.5, 0.6) is 11.5 Å². The van der Waals surface area contributed by atoms with E-state index in [0.717, 1.165) is 11.1 Å². The van der Waals surface area contributed by atoms with E-state index < -0.39 is 0 Å². The van der Waals surface area contributed by atoms with Gasteiger partial charge in [-0.3, -0.25) is 0 Å². The van der Waals surface area contributed by atoms with E-state index in [1.807, 2.05) is 12.1 Å². The van der Waals surface area contributed by atoms with Crippen molar-refractivity contribution in [2.45, 2.75) is 26.2 Å². The molecule has 2 nitrogen and oxygen atoms in total. The third kappa shape index (κ3) is 2.65. The smallest absolute Gasteiger partial charge is 0.119 e. The van der Waals surface area contributed by atoms with Gasteiger partial charge in [0.2, 0.25) is 0 Å². The van der Waals surface area contributed by atoms with Crippen LogP contribution in [0.25, 0.3) is 11.1 Å². The molecule has 0 fully saturated rings. The van der Waals surface area contributed by atoms with Crippen molar-refractivity contribution in [2.75, 3.05) is 0 Å². The fraction of sp³-hybridized carbons (Fsp3) is 0.250. The molecular weight excluding hydrogens is 224 g/mol. The number of phenols is 2. The van der Waals surface area contributed by atoms with Crippen LogP contribution in [0.2, 0.25) is 0 Å². The SMILES string of the molecule is CC(C)(C)c1ccc(-c2cc(O)cc(O)c2)cc1. The first-order valence-electron chi connectivity index (χ1n) is 6.00. The topological polar surface area (TPSA) is 40.5 Å². The third-order valence-corrected chi connectivity index (χ3v) is 2.99. The Hall–Kier alpha value is -1.96. The average molecular weight is 242 g/mol. The zero-order valence-corrected chi connectivity index (χ0v) is 10.9. The molecule has 94 valence electrons. The summed E-state index contributed by atoms with van der Waals surface area (Å²) in [5.74, 6) is 0.148. The largest absolute Gasteiger partial charge is 0.508 e.